The summed E-state index contributed by atoms with van der Waals surface area (Å²) in [6, 6.07) is 0. The summed E-state index contributed by atoms with van der Waals surface area (Å²) in [5, 5.41) is 0. The van der Waals surface area contributed by atoms with Crippen LogP contribution in [0.5, 0.6) is 0 Å². The number of rotatable bonds is 12. The number of unbranched alkanes of at least 4 members (excludes halogenated alkanes) is 9. The summed E-state index contributed by atoms with van der Waals surface area (Å²) in [5.74, 6) is 1.16. The Morgan fingerprint density at radius 2 is 1.45 bits per heavy atom. The molecule has 20 heavy (non-hydrogen) atoms. The van der Waals surface area contributed by atoms with Gasteiger partial charge in [-0.1, -0.05) is 76.4 Å². The summed E-state index contributed by atoms with van der Waals surface area (Å²) in [7, 11) is 1.79. The molecule has 0 aliphatic heterocycles. The van der Waals surface area contributed by atoms with Crippen LogP contribution in [0.15, 0.2) is 23.5 Å². The van der Waals surface area contributed by atoms with Crippen LogP contribution in [0, 0.1) is 0 Å². The van der Waals surface area contributed by atoms with Crippen molar-refractivity contribution in [1.82, 2.24) is 0 Å². The minimum Gasteiger partial charge on any atom is -0.501 e. The summed E-state index contributed by atoms with van der Waals surface area (Å²) in [6.07, 6.45) is 22.2. The molecule has 0 N–H and O–H groups in total. The zero-order valence-corrected chi connectivity index (χ0v) is 13.8. The minimum absolute atomic E-state index is 1.05. The lowest BCUT2D eigenvalue weighted by molar-refractivity contribution is 0.279. The average Bonchev–Trinajstić information content (AvgIpc) is 2.49. The maximum atomic E-state index is 5.34. The maximum absolute atomic E-state index is 5.34. The van der Waals surface area contributed by atoms with Gasteiger partial charge < -0.3 is 4.74 Å². The van der Waals surface area contributed by atoms with Crippen LogP contribution in [-0.2, 0) is 4.74 Å². The Labute approximate surface area is 126 Å². The number of ether oxygens (including phenoxy) is 1. The van der Waals surface area contributed by atoms with Crippen LogP contribution in [0.2, 0.25) is 0 Å². The van der Waals surface area contributed by atoms with Gasteiger partial charge in [0.25, 0.3) is 0 Å². The van der Waals surface area contributed by atoms with Crippen LogP contribution < -0.4 is 0 Å². The lowest BCUT2D eigenvalue weighted by atomic mass is 9.98. The number of hydrogen-bond acceptors (Lipinski definition) is 1. The molecule has 0 fully saturated rings. The van der Waals surface area contributed by atoms with Gasteiger partial charge in [0.2, 0.25) is 0 Å². The van der Waals surface area contributed by atoms with Gasteiger partial charge in [-0.3, -0.25) is 0 Å². The van der Waals surface area contributed by atoms with Crippen molar-refractivity contribution in [3.05, 3.63) is 23.5 Å². The standard InChI is InChI=1S/C19H34O/c1-3-4-5-6-7-8-9-10-11-12-14-18-15-13-16-19(17-18)20-2/h15-16H,3-14,17H2,1-2H3. The highest BCUT2D eigenvalue weighted by atomic mass is 16.5. The first-order chi connectivity index (χ1) is 9.86. The molecule has 1 nitrogen and oxygen atoms in total. The third kappa shape index (κ3) is 8.45. The summed E-state index contributed by atoms with van der Waals surface area (Å²) in [4.78, 5) is 0. The van der Waals surface area contributed by atoms with Gasteiger partial charge in [0.05, 0.1) is 12.9 Å². The molecule has 0 saturated carbocycles. The van der Waals surface area contributed by atoms with Gasteiger partial charge in [-0.2, -0.15) is 0 Å². The second kappa shape index (κ2) is 12.1. The van der Waals surface area contributed by atoms with Crippen LogP contribution in [0.4, 0.5) is 0 Å². The first-order valence-electron chi connectivity index (χ1n) is 8.77. The Balaban J connectivity index is 1.86. The fraction of sp³-hybridized carbons (Fsp3) is 0.789. The van der Waals surface area contributed by atoms with E-state index in [2.05, 4.69) is 19.1 Å². The molecule has 0 aromatic heterocycles. The van der Waals surface area contributed by atoms with E-state index in [-0.39, 0.29) is 0 Å². The van der Waals surface area contributed by atoms with Crippen molar-refractivity contribution in [2.24, 2.45) is 0 Å². The molecular weight excluding hydrogens is 244 g/mol. The van der Waals surface area contributed by atoms with Gasteiger partial charge in [0, 0.05) is 6.42 Å². The highest BCUT2D eigenvalue weighted by molar-refractivity contribution is 5.18. The molecule has 0 atom stereocenters. The van der Waals surface area contributed by atoms with Gasteiger partial charge in [-0.15, -0.1) is 0 Å². The molecule has 0 radical (unpaired) electrons. The molecule has 0 amide bonds. The Hall–Kier alpha value is -0.720. The zero-order valence-electron chi connectivity index (χ0n) is 13.8. The minimum atomic E-state index is 1.05. The SMILES string of the molecule is CCCCCCCCCCCCC1=CCC=C(OC)C1. The Morgan fingerprint density at radius 3 is 2.05 bits per heavy atom. The van der Waals surface area contributed by atoms with E-state index in [1.807, 2.05) is 0 Å². The molecule has 1 rings (SSSR count). The highest BCUT2D eigenvalue weighted by Crippen LogP contribution is 2.23. The van der Waals surface area contributed by atoms with Crippen molar-refractivity contribution in [3.63, 3.8) is 0 Å². The second-order valence-electron chi connectivity index (χ2n) is 6.08. The third-order valence-electron chi connectivity index (χ3n) is 4.27. The van der Waals surface area contributed by atoms with Crippen LogP contribution in [0.1, 0.15) is 90.4 Å². The van der Waals surface area contributed by atoms with Crippen LogP contribution >= 0.6 is 0 Å². The lowest BCUT2D eigenvalue weighted by Gasteiger charge is -2.14. The normalized spacial score (nSPS) is 14.9. The lowest BCUT2D eigenvalue weighted by Crippen LogP contribution is -1.96. The van der Waals surface area contributed by atoms with Gasteiger partial charge in [-0.05, 0) is 25.3 Å². The van der Waals surface area contributed by atoms with E-state index in [4.69, 9.17) is 4.74 Å². The maximum Gasteiger partial charge on any atom is 0.0959 e. The van der Waals surface area contributed by atoms with Crippen molar-refractivity contribution < 1.29 is 4.74 Å². The van der Waals surface area contributed by atoms with Gasteiger partial charge in [0.1, 0.15) is 0 Å². The molecule has 0 bridgehead atoms. The first-order valence-corrected chi connectivity index (χ1v) is 8.77. The van der Waals surface area contributed by atoms with E-state index in [0.717, 1.165) is 18.6 Å². The van der Waals surface area contributed by atoms with E-state index in [1.165, 1.54) is 70.6 Å². The molecule has 0 aromatic carbocycles. The second-order valence-corrected chi connectivity index (χ2v) is 6.08. The first kappa shape index (κ1) is 17.3. The number of hydrogen-bond donors (Lipinski definition) is 0. The molecular formula is C19H34O. The van der Waals surface area contributed by atoms with Gasteiger partial charge in [-0.25, -0.2) is 0 Å². The smallest absolute Gasteiger partial charge is 0.0959 e. The molecule has 0 spiro atoms. The quantitative estimate of drug-likeness (QED) is 0.290. The topological polar surface area (TPSA) is 9.23 Å². The van der Waals surface area contributed by atoms with Gasteiger partial charge >= 0.3 is 0 Å². The highest BCUT2D eigenvalue weighted by Gasteiger charge is 2.06. The van der Waals surface area contributed by atoms with E-state index in [0.29, 0.717) is 0 Å². The van der Waals surface area contributed by atoms with Gasteiger partial charge in [0.15, 0.2) is 0 Å². The predicted octanol–water partition coefficient (Wildman–Crippen LogP) is 6.55. The van der Waals surface area contributed by atoms with E-state index < -0.39 is 0 Å². The van der Waals surface area contributed by atoms with Crippen LogP contribution in [0.3, 0.4) is 0 Å². The number of allylic oxidation sites excluding steroid dienone is 3. The van der Waals surface area contributed by atoms with Crippen molar-refractivity contribution in [1.29, 1.82) is 0 Å². The average molecular weight is 278 g/mol. The molecule has 0 saturated heterocycles. The van der Waals surface area contributed by atoms with E-state index >= 15 is 0 Å². The van der Waals surface area contributed by atoms with E-state index in [1.54, 1.807) is 12.7 Å². The Bertz CT molecular complexity index is 288. The van der Waals surface area contributed by atoms with Crippen molar-refractivity contribution in [2.45, 2.75) is 90.4 Å². The van der Waals surface area contributed by atoms with Crippen LogP contribution in [-0.4, -0.2) is 7.11 Å². The van der Waals surface area contributed by atoms with Crippen molar-refractivity contribution in [3.8, 4) is 0 Å². The molecule has 0 unspecified atom stereocenters. The summed E-state index contributed by atoms with van der Waals surface area (Å²) < 4.78 is 5.34. The summed E-state index contributed by atoms with van der Waals surface area (Å²) in [6.45, 7) is 2.28. The Kier molecular flexibility index (Phi) is 10.4. The van der Waals surface area contributed by atoms with E-state index in [9.17, 15) is 0 Å². The Morgan fingerprint density at radius 1 is 0.850 bits per heavy atom. The molecule has 0 heterocycles. The predicted molar refractivity (Wildman–Crippen MR) is 88.9 cm³/mol. The molecule has 1 heteroatoms. The van der Waals surface area contributed by atoms with Crippen molar-refractivity contribution in [2.75, 3.05) is 7.11 Å². The summed E-state index contributed by atoms with van der Waals surface area (Å²) in [5.41, 5.74) is 1.59. The fourth-order valence-electron chi connectivity index (χ4n) is 2.91. The molecule has 1 aliphatic rings. The molecule has 116 valence electrons. The zero-order chi connectivity index (χ0) is 14.5. The molecule has 1 aliphatic carbocycles. The largest absolute Gasteiger partial charge is 0.501 e. The monoisotopic (exact) mass is 278 g/mol. The number of methoxy groups -OCH3 is 1. The third-order valence-corrected chi connectivity index (χ3v) is 4.27. The van der Waals surface area contributed by atoms with Crippen molar-refractivity contribution >= 4 is 0 Å². The van der Waals surface area contributed by atoms with Crippen LogP contribution in [0.25, 0.3) is 0 Å². The molecule has 0 aromatic rings. The fourth-order valence-corrected chi connectivity index (χ4v) is 2.91. The summed E-state index contributed by atoms with van der Waals surface area (Å²) >= 11 is 0.